The van der Waals surface area contributed by atoms with Gasteiger partial charge in [0.05, 0.1) is 6.54 Å². The fourth-order valence-electron chi connectivity index (χ4n) is 1.34. The molecule has 0 aliphatic rings. The summed E-state index contributed by atoms with van der Waals surface area (Å²) < 4.78 is 13.1. The molecule has 0 saturated heterocycles. The van der Waals surface area contributed by atoms with Crippen LogP contribution in [0, 0.1) is 23.6 Å². The quantitative estimate of drug-likeness (QED) is 0.832. The second kappa shape index (κ2) is 7.37. The molecule has 17 heavy (non-hydrogen) atoms. The number of hydrogen-bond donors (Lipinski definition) is 1. The van der Waals surface area contributed by atoms with E-state index in [1.165, 1.54) is 12.1 Å². The number of rotatable bonds is 4. The predicted octanol–water partition coefficient (Wildman–Crippen LogP) is 3.03. The van der Waals surface area contributed by atoms with Gasteiger partial charge in [0.15, 0.2) is 0 Å². The zero-order valence-corrected chi connectivity index (χ0v) is 11.1. The van der Waals surface area contributed by atoms with Gasteiger partial charge < -0.3 is 5.73 Å². The maximum absolute atomic E-state index is 13.1. The molecule has 0 amide bonds. The summed E-state index contributed by atoms with van der Waals surface area (Å²) in [4.78, 5) is 0. The molecule has 0 fully saturated rings. The highest BCUT2D eigenvalue weighted by atomic mass is 32.2. The molecule has 0 aromatic heterocycles. The Morgan fingerprint density at radius 3 is 2.82 bits per heavy atom. The summed E-state index contributed by atoms with van der Waals surface area (Å²) in [5, 5.41) is 0. The van der Waals surface area contributed by atoms with Gasteiger partial charge in [0, 0.05) is 11.3 Å². The Labute approximate surface area is 107 Å². The standard InChI is InChI=1S/C14H18FNS/c1-11(2)9-17-10-13-5-6-14(15)8-12(13)4-3-7-16/h5-6,8,11H,7,9-10,16H2,1-2H3. The van der Waals surface area contributed by atoms with Gasteiger partial charge in [0.2, 0.25) is 0 Å². The molecule has 0 atom stereocenters. The molecule has 0 aliphatic carbocycles. The Kier molecular flexibility index (Phi) is 6.10. The molecule has 0 aliphatic heterocycles. The monoisotopic (exact) mass is 251 g/mol. The molecular weight excluding hydrogens is 233 g/mol. The summed E-state index contributed by atoms with van der Waals surface area (Å²) in [5.41, 5.74) is 7.17. The van der Waals surface area contributed by atoms with Crippen molar-refractivity contribution in [2.45, 2.75) is 19.6 Å². The van der Waals surface area contributed by atoms with Crippen molar-refractivity contribution in [3.8, 4) is 11.8 Å². The van der Waals surface area contributed by atoms with Crippen LogP contribution >= 0.6 is 11.8 Å². The molecule has 3 heteroatoms. The van der Waals surface area contributed by atoms with Gasteiger partial charge in [-0.1, -0.05) is 31.8 Å². The molecule has 0 unspecified atom stereocenters. The van der Waals surface area contributed by atoms with Crippen LogP contribution in [0.15, 0.2) is 18.2 Å². The van der Waals surface area contributed by atoms with E-state index in [9.17, 15) is 4.39 Å². The molecule has 1 aromatic carbocycles. The van der Waals surface area contributed by atoms with Crippen LogP contribution < -0.4 is 5.73 Å². The Bertz CT molecular complexity index is 418. The number of hydrogen-bond acceptors (Lipinski definition) is 2. The van der Waals surface area contributed by atoms with Gasteiger partial charge in [-0.15, -0.1) is 0 Å². The summed E-state index contributed by atoms with van der Waals surface area (Å²) in [6, 6.07) is 4.77. The summed E-state index contributed by atoms with van der Waals surface area (Å²) in [5.74, 6) is 8.08. The van der Waals surface area contributed by atoms with E-state index in [0.29, 0.717) is 12.5 Å². The highest BCUT2D eigenvalue weighted by molar-refractivity contribution is 7.98. The van der Waals surface area contributed by atoms with E-state index in [1.54, 1.807) is 0 Å². The third-order valence-corrected chi connectivity index (χ3v) is 3.52. The number of halogens is 1. The third kappa shape index (κ3) is 5.25. The van der Waals surface area contributed by atoms with E-state index in [0.717, 1.165) is 22.6 Å². The second-order valence-corrected chi connectivity index (χ2v) is 5.25. The Hall–Kier alpha value is -0.980. The minimum Gasteiger partial charge on any atom is -0.320 e. The van der Waals surface area contributed by atoms with Crippen LogP contribution in [0.2, 0.25) is 0 Å². The summed E-state index contributed by atoms with van der Waals surface area (Å²) in [7, 11) is 0. The molecule has 1 nitrogen and oxygen atoms in total. The lowest BCUT2D eigenvalue weighted by molar-refractivity contribution is 0.627. The van der Waals surface area contributed by atoms with Gasteiger partial charge in [0.25, 0.3) is 0 Å². The van der Waals surface area contributed by atoms with E-state index in [-0.39, 0.29) is 5.82 Å². The van der Waals surface area contributed by atoms with Crippen LogP contribution in [-0.4, -0.2) is 12.3 Å². The zero-order chi connectivity index (χ0) is 12.7. The molecule has 1 aromatic rings. The van der Waals surface area contributed by atoms with Crippen molar-refractivity contribution in [1.29, 1.82) is 0 Å². The van der Waals surface area contributed by atoms with Gasteiger partial charge in [0.1, 0.15) is 5.82 Å². The summed E-state index contributed by atoms with van der Waals surface area (Å²) >= 11 is 1.85. The maximum atomic E-state index is 13.1. The minimum atomic E-state index is -0.246. The van der Waals surface area contributed by atoms with Gasteiger partial charge in [-0.2, -0.15) is 11.8 Å². The van der Waals surface area contributed by atoms with Crippen LogP contribution in [0.3, 0.4) is 0 Å². The first-order valence-corrected chi connectivity index (χ1v) is 6.84. The average Bonchev–Trinajstić information content (AvgIpc) is 2.28. The van der Waals surface area contributed by atoms with E-state index >= 15 is 0 Å². The lowest BCUT2D eigenvalue weighted by atomic mass is 10.1. The van der Waals surface area contributed by atoms with Crippen molar-refractivity contribution in [1.82, 2.24) is 0 Å². The SMILES string of the molecule is CC(C)CSCc1ccc(F)cc1C#CCN. The molecule has 0 saturated carbocycles. The van der Waals surface area contributed by atoms with Crippen LogP contribution in [0.1, 0.15) is 25.0 Å². The third-order valence-electron chi connectivity index (χ3n) is 2.11. The van der Waals surface area contributed by atoms with E-state index in [1.807, 2.05) is 17.8 Å². The van der Waals surface area contributed by atoms with Gasteiger partial charge in [-0.25, -0.2) is 4.39 Å². The normalized spacial score (nSPS) is 10.2. The number of benzene rings is 1. The fourth-order valence-corrected chi connectivity index (χ4v) is 2.40. The van der Waals surface area contributed by atoms with Gasteiger partial charge in [-0.3, -0.25) is 0 Å². The van der Waals surface area contributed by atoms with Crippen molar-refractivity contribution in [2.24, 2.45) is 11.7 Å². The average molecular weight is 251 g/mol. The van der Waals surface area contributed by atoms with Gasteiger partial charge >= 0.3 is 0 Å². The lowest BCUT2D eigenvalue weighted by Crippen LogP contribution is -1.96. The molecule has 0 radical (unpaired) electrons. The first-order chi connectivity index (χ1) is 8.13. The van der Waals surface area contributed by atoms with Crippen molar-refractivity contribution in [3.05, 3.63) is 35.1 Å². The van der Waals surface area contributed by atoms with Crippen molar-refractivity contribution in [2.75, 3.05) is 12.3 Å². The van der Waals surface area contributed by atoms with Crippen molar-refractivity contribution < 1.29 is 4.39 Å². The second-order valence-electron chi connectivity index (χ2n) is 4.22. The Balaban J connectivity index is 2.76. The molecular formula is C14H18FNS. The Morgan fingerprint density at radius 1 is 1.41 bits per heavy atom. The first-order valence-electron chi connectivity index (χ1n) is 5.68. The molecule has 0 heterocycles. The molecule has 92 valence electrons. The first kappa shape index (κ1) is 14.1. The van der Waals surface area contributed by atoms with E-state index in [4.69, 9.17) is 5.73 Å². The largest absolute Gasteiger partial charge is 0.320 e. The smallest absolute Gasteiger partial charge is 0.124 e. The number of nitrogens with two attached hydrogens (primary N) is 1. The summed E-state index contributed by atoms with van der Waals surface area (Å²) in [6.07, 6.45) is 0. The maximum Gasteiger partial charge on any atom is 0.124 e. The topological polar surface area (TPSA) is 26.0 Å². The zero-order valence-electron chi connectivity index (χ0n) is 10.3. The number of thioether (sulfide) groups is 1. The highest BCUT2D eigenvalue weighted by Crippen LogP contribution is 2.19. The lowest BCUT2D eigenvalue weighted by Gasteiger charge is -2.07. The van der Waals surface area contributed by atoms with E-state index in [2.05, 4.69) is 25.7 Å². The molecule has 1 rings (SSSR count). The molecule has 0 spiro atoms. The van der Waals surface area contributed by atoms with Gasteiger partial charge in [-0.05, 0) is 29.4 Å². The highest BCUT2D eigenvalue weighted by Gasteiger charge is 2.03. The van der Waals surface area contributed by atoms with Crippen LogP contribution in [0.5, 0.6) is 0 Å². The minimum absolute atomic E-state index is 0.246. The summed E-state index contributed by atoms with van der Waals surface area (Å²) in [6.45, 7) is 4.68. The molecule has 2 N–H and O–H groups in total. The van der Waals surface area contributed by atoms with Crippen LogP contribution in [-0.2, 0) is 5.75 Å². The Morgan fingerprint density at radius 2 is 2.18 bits per heavy atom. The predicted molar refractivity (Wildman–Crippen MR) is 73.3 cm³/mol. The fraction of sp³-hybridized carbons (Fsp3) is 0.429. The molecule has 0 bridgehead atoms. The van der Waals surface area contributed by atoms with E-state index < -0.39 is 0 Å². The van der Waals surface area contributed by atoms with Crippen LogP contribution in [0.4, 0.5) is 4.39 Å². The van der Waals surface area contributed by atoms with Crippen molar-refractivity contribution >= 4 is 11.8 Å². The van der Waals surface area contributed by atoms with Crippen molar-refractivity contribution in [3.63, 3.8) is 0 Å². The van der Waals surface area contributed by atoms with Crippen LogP contribution in [0.25, 0.3) is 0 Å².